The van der Waals surface area contributed by atoms with Crippen LogP contribution in [0.2, 0.25) is 10.0 Å². The number of hydrogen-bond acceptors (Lipinski definition) is 5. The Kier molecular flexibility index (Phi) is 11.0. The molecule has 1 atom stereocenters. The van der Waals surface area contributed by atoms with Crippen LogP contribution in [0.5, 0.6) is 5.75 Å². The second-order valence-corrected chi connectivity index (χ2v) is 9.71. The summed E-state index contributed by atoms with van der Waals surface area (Å²) in [5, 5.41) is 11.7. The van der Waals surface area contributed by atoms with Crippen LogP contribution in [0.3, 0.4) is 0 Å². The Morgan fingerprint density at radius 3 is 2.38 bits per heavy atom. The molecule has 0 radical (unpaired) electrons. The number of para-hydroxylation sites is 1. The van der Waals surface area contributed by atoms with Gasteiger partial charge in [-0.25, -0.2) is 4.39 Å². The van der Waals surface area contributed by atoms with Crippen LogP contribution in [0.25, 0.3) is 0 Å². The highest BCUT2D eigenvalue weighted by atomic mass is 35.5. The minimum Gasteiger partial charge on any atom is -0.490 e. The third kappa shape index (κ3) is 8.32. The molecule has 0 aromatic heterocycles. The summed E-state index contributed by atoms with van der Waals surface area (Å²) in [6.45, 7) is 3.81. The number of hydrogen-bond donors (Lipinski definition) is 1. The number of halogens is 4. The van der Waals surface area contributed by atoms with Crippen molar-refractivity contribution >= 4 is 47.1 Å². The highest BCUT2D eigenvalue weighted by Crippen LogP contribution is 2.28. The molecule has 1 aliphatic rings. The fourth-order valence-electron chi connectivity index (χ4n) is 4.27. The lowest BCUT2D eigenvalue weighted by molar-refractivity contribution is 0.0655. The molecule has 0 saturated carbocycles. The van der Waals surface area contributed by atoms with Crippen molar-refractivity contribution in [1.29, 1.82) is 0 Å². The van der Waals surface area contributed by atoms with Gasteiger partial charge in [0.25, 0.3) is 0 Å². The van der Waals surface area contributed by atoms with E-state index in [2.05, 4.69) is 9.80 Å². The largest absolute Gasteiger partial charge is 0.490 e. The molecule has 3 aromatic rings. The van der Waals surface area contributed by atoms with Crippen LogP contribution in [0.15, 0.2) is 66.7 Å². The summed E-state index contributed by atoms with van der Waals surface area (Å²) in [5.41, 5.74) is 2.42. The van der Waals surface area contributed by atoms with E-state index in [9.17, 15) is 14.3 Å². The van der Waals surface area contributed by atoms with Gasteiger partial charge < -0.3 is 14.7 Å². The number of β-amino-alcohol motifs (C(OH)–C–C–N with tert-alkyl or cyclic N) is 1. The predicted molar refractivity (Wildman–Crippen MR) is 149 cm³/mol. The van der Waals surface area contributed by atoms with Crippen LogP contribution < -0.4 is 9.64 Å². The van der Waals surface area contributed by atoms with Crippen LogP contribution in [-0.2, 0) is 6.42 Å². The molecule has 0 bridgehead atoms. The highest BCUT2D eigenvalue weighted by molar-refractivity contribution is 6.42. The lowest BCUT2D eigenvalue weighted by Crippen LogP contribution is -2.49. The van der Waals surface area contributed by atoms with Gasteiger partial charge in [-0.3, -0.25) is 9.69 Å². The molecule has 37 heavy (non-hydrogen) atoms. The number of Topliss-reactive ketones (excluding diaryl/α,β-unsaturated/α-hetero) is 1. The van der Waals surface area contributed by atoms with Gasteiger partial charge in [0.15, 0.2) is 5.78 Å². The van der Waals surface area contributed by atoms with Crippen molar-refractivity contribution in [2.24, 2.45) is 0 Å². The Bertz CT molecular complexity index is 1170. The third-order valence-corrected chi connectivity index (χ3v) is 7.02. The normalized spacial score (nSPS) is 14.6. The number of anilines is 1. The van der Waals surface area contributed by atoms with Gasteiger partial charge in [-0.1, -0.05) is 47.5 Å². The maximum Gasteiger partial charge on any atom is 0.166 e. The van der Waals surface area contributed by atoms with Gasteiger partial charge in [-0.05, 0) is 54.4 Å². The van der Waals surface area contributed by atoms with Crippen LogP contribution in [0, 0.1) is 5.82 Å². The Hall–Kier alpha value is -2.35. The van der Waals surface area contributed by atoms with Gasteiger partial charge in [0.2, 0.25) is 0 Å². The van der Waals surface area contributed by atoms with E-state index >= 15 is 0 Å². The number of ether oxygens (including phenoxy) is 1. The molecule has 0 amide bonds. The number of rotatable bonds is 10. The number of aliphatic hydroxyl groups excluding tert-OH is 1. The van der Waals surface area contributed by atoms with Crippen molar-refractivity contribution in [2.45, 2.75) is 18.9 Å². The molecule has 1 saturated heterocycles. The average Bonchev–Trinajstić information content (AvgIpc) is 2.89. The quantitative estimate of drug-likeness (QED) is 0.308. The molecule has 198 valence electrons. The van der Waals surface area contributed by atoms with Crippen molar-refractivity contribution in [3.05, 3.63) is 93.7 Å². The maximum atomic E-state index is 13.1. The van der Waals surface area contributed by atoms with E-state index in [0.717, 1.165) is 37.4 Å². The lowest BCUT2D eigenvalue weighted by atomic mass is 10.0. The highest BCUT2D eigenvalue weighted by Gasteiger charge is 2.21. The minimum atomic E-state index is -0.691. The van der Waals surface area contributed by atoms with Gasteiger partial charge in [0.1, 0.15) is 24.3 Å². The first-order valence-electron chi connectivity index (χ1n) is 12.0. The summed E-state index contributed by atoms with van der Waals surface area (Å²) >= 11 is 12.2. The maximum absolute atomic E-state index is 13.1. The van der Waals surface area contributed by atoms with Crippen molar-refractivity contribution in [3.63, 3.8) is 0 Å². The van der Waals surface area contributed by atoms with Gasteiger partial charge in [-0.15, -0.1) is 12.4 Å². The van der Waals surface area contributed by atoms with Gasteiger partial charge >= 0.3 is 0 Å². The Morgan fingerprint density at radius 1 is 0.973 bits per heavy atom. The number of aliphatic hydroxyl groups is 1. The SMILES string of the molecule is Cl.O=C(CCc1ccc(F)cc1)c1ccccc1OCC(O)CN1CCN(c2ccc(Cl)c(Cl)c2)CC1. The van der Waals surface area contributed by atoms with Gasteiger partial charge in [0.05, 0.1) is 15.6 Å². The Morgan fingerprint density at radius 2 is 1.68 bits per heavy atom. The predicted octanol–water partition coefficient (Wildman–Crippen LogP) is 5.93. The van der Waals surface area contributed by atoms with Crippen LogP contribution >= 0.6 is 35.6 Å². The summed E-state index contributed by atoms with van der Waals surface area (Å²) in [6.07, 6.45) is 0.117. The number of nitrogens with zero attached hydrogens (tertiary/aromatic N) is 2. The number of piperazine rings is 1. The lowest BCUT2D eigenvalue weighted by Gasteiger charge is -2.37. The molecule has 9 heteroatoms. The summed E-state index contributed by atoms with van der Waals surface area (Å²) in [6, 6.07) is 18.9. The van der Waals surface area contributed by atoms with E-state index in [1.807, 2.05) is 12.1 Å². The summed E-state index contributed by atoms with van der Waals surface area (Å²) in [5.74, 6) is 0.115. The first-order valence-corrected chi connectivity index (χ1v) is 12.7. The van der Waals surface area contributed by atoms with E-state index in [4.69, 9.17) is 27.9 Å². The molecule has 4 rings (SSSR count). The van der Waals surface area contributed by atoms with Crippen LogP contribution in [0.1, 0.15) is 22.3 Å². The zero-order chi connectivity index (χ0) is 25.5. The molecule has 3 aromatic carbocycles. The van der Waals surface area contributed by atoms with Crippen molar-refractivity contribution < 1.29 is 19.0 Å². The second-order valence-electron chi connectivity index (χ2n) is 8.90. The summed E-state index contributed by atoms with van der Waals surface area (Å²) < 4.78 is 19.0. The topological polar surface area (TPSA) is 53.0 Å². The van der Waals surface area contributed by atoms with E-state index < -0.39 is 6.10 Å². The molecule has 1 N–H and O–H groups in total. The zero-order valence-corrected chi connectivity index (χ0v) is 22.6. The monoisotopic (exact) mass is 566 g/mol. The Labute approximate surface area is 233 Å². The van der Waals surface area contributed by atoms with Gasteiger partial charge in [-0.2, -0.15) is 0 Å². The molecule has 1 unspecified atom stereocenters. The molecule has 1 heterocycles. The first-order chi connectivity index (χ1) is 17.4. The number of carbonyl (C=O) groups excluding carboxylic acids is 1. The number of carbonyl (C=O) groups is 1. The van der Waals surface area contributed by atoms with E-state index in [1.54, 1.807) is 42.5 Å². The molecule has 1 fully saturated rings. The third-order valence-electron chi connectivity index (χ3n) is 6.28. The van der Waals surface area contributed by atoms with E-state index in [1.165, 1.54) is 12.1 Å². The van der Waals surface area contributed by atoms with Crippen molar-refractivity contribution in [1.82, 2.24) is 4.90 Å². The molecule has 1 aliphatic heterocycles. The number of aryl methyl sites for hydroxylation is 1. The first kappa shape index (κ1) is 29.2. The molecular formula is C28H30Cl3FN2O3. The fourth-order valence-corrected chi connectivity index (χ4v) is 4.57. The smallest absolute Gasteiger partial charge is 0.166 e. The number of ketones is 1. The van der Waals surface area contributed by atoms with Crippen molar-refractivity contribution in [3.8, 4) is 5.75 Å². The van der Waals surface area contributed by atoms with Crippen LogP contribution in [-0.4, -0.2) is 61.2 Å². The molecular weight excluding hydrogens is 538 g/mol. The zero-order valence-electron chi connectivity index (χ0n) is 20.3. The summed E-state index contributed by atoms with van der Waals surface area (Å²) in [4.78, 5) is 17.3. The average molecular weight is 568 g/mol. The number of benzene rings is 3. The van der Waals surface area contributed by atoms with Gasteiger partial charge in [0, 0.05) is 44.8 Å². The molecule has 0 aliphatic carbocycles. The fraction of sp³-hybridized carbons (Fsp3) is 0.321. The minimum absolute atomic E-state index is 0. The molecule has 0 spiro atoms. The van der Waals surface area contributed by atoms with E-state index in [-0.39, 0.29) is 37.0 Å². The molecule has 5 nitrogen and oxygen atoms in total. The van der Waals surface area contributed by atoms with Crippen LogP contribution in [0.4, 0.5) is 10.1 Å². The van der Waals surface area contributed by atoms with E-state index in [0.29, 0.717) is 34.3 Å². The Balaban J connectivity index is 0.00000380. The standard InChI is InChI=1S/C28H29Cl2FN2O3.ClH/c29-25-11-10-22(17-26(25)30)33-15-13-32(14-16-33)18-23(34)19-36-28-4-2-1-3-24(28)27(35)12-7-20-5-8-21(31)9-6-20;/h1-6,8-11,17,23,34H,7,12-16,18-19H2;1H. The summed E-state index contributed by atoms with van der Waals surface area (Å²) in [7, 11) is 0. The van der Waals surface area contributed by atoms with Crippen molar-refractivity contribution in [2.75, 3.05) is 44.2 Å². The second kappa shape index (κ2) is 14.0.